The van der Waals surface area contributed by atoms with Crippen molar-refractivity contribution >= 4 is 35.2 Å². The van der Waals surface area contributed by atoms with Gasteiger partial charge in [-0.1, -0.05) is 55.4 Å². The van der Waals surface area contributed by atoms with Gasteiger partial charge >= 0.3 is 5.97 Å². The Morgan fingerprint density at radius 1 is 1.17 bits per heavy atom. The van der Waals surface area contributed by atoms with Crippen molar-refractivity contribution in [2.24, 2.45) is 11.8 Å². The number of ketones is 1. The van der Waals surface area contributed by atoms with Crippen LogP contribution in [0, 0.1) is 24.6 Å². The summed E-state index contributed by atoms with van der Waals surface area (Å²) in [5.74, 6) is -3.50. The molecule has 2 N–H and O–H groups in total. The number of halogens is 1. The van der Waals surface area contributed by atoms with E-state index in [9.17, 15) is 28.4 Å². The number of aromatic nitrogens is 1. The highest BCUT2D eigenvalue weighted by atomic mass is 19.1. The molecule has 12 heteroatoms. The van der Waals surface area contributed by atoms with Crippen LogP contribution in [0.1, 0.15) is 61.0 Å². The Morgan fingerprint density at radius 3 is 2.56 bits per heavy atom. The standard InChI is InChI=1S/C36H39FN4O7/c1-5-47-31(43)15-14-26-19-36(27-8-6-7-9-28(27)38-35(36)46)20-41(26)34(45)24(17-23-10-12-25(37)13-11-23)18-30(42)32(21(2)3)39-33(44)29-16-22(4)48-40-29/h6-16,21,24,26,32H,5,17-20H2,1-4H3,(H,38,46)(H,39,44)/b15-14+/t24-,26-,32?,36+/m1/s1. The zero-order valence-corrected chi connectivity index (χ0v) is 27.3. The van der Waals surface area contributed by atoms with Crippen LogP contribution in [0.5, 0.6) is 0 Å². The smallest absolute Gasteiger partial charge is 0.330 e. The van der Waals surface area contributed by atoms with Crippen LogP contribution in [-0.4, -0.2) is 64.8 Å². The van der Waals surface area contributed by atoms with Crippen LogP contribution >= 0.6 is 0 Å². The minimum atomic E-state index is -1.08. The van der Waals surface area contributed by atoms with Gasteiger partial charge in [0.15, 0.2) is 11.5 Å². The SMILES string of the molecule is CCOC(=O)/C=C/[C@@H]1C[C@@]2(CN1C(=O)[C@@H](CC(=O)C(NC(=O)c1cc(C)on1)C(C)C)Cc1ccc(F)cc1)C(=O)Nc1ccccc12. The molecule has 1 fully saturated rings. The number of amides is 3. The van der Waals surface area contributed by atoms with Gasteiger partial charge in [-0.2, -0.15) is 0 Å². The van der Waals surface area contributed by atoms with E-state index in [1.165, 1.54) is 24.3 Å². The third kappa shape index (κ3) is 7.22. The number of nitrogens with zero attached hydrogens (tertiary/aromatic N) is 2. The second kappa shape index (κ2) is 14.3. The first-order valence-electron chi connectivity index (χ1n) is 16.0. The predicted molar refractivity (Wildman–Crippen MR) is 173 cm³/mol. The number of para-hydroxylation sites is 1. The molecular weight excluding hydrogens is 619 g/mol. The lowest BCUT2D eigenvalue weighted by Crippen LogP contribution is -2.47. The molecule has 1 spiro atoms. The van der Waals surface area contributed by atoms with Gasteiger partial charge in [-0.25, -0.2) is 9.18 Å². The molecule has 2 aliphatic rings. The second-order valence-electron chi connectivity index (χ2n) is 12.6. The summed E-state index contributed by atoms with van der Waals surface area (Å²) in [7, 11) is 0. The van der Waals surface area contributed by atoms with Crippen molar-refractivity contribution in [2.75, 3.05) is 18.5 Å². The lowest BCUT2D eigenvalue weighted by molar-refractivity contribution is -0.139. The molecule has 2 aromatic carbocycles. The van der Waals surface area contributed by atoms with E-state index in [0.29, 0.717) is 17.0 Å². The third-order valence-electron chi connectivity index (χ3n) is 8.90. The van der Waals surface area contributed by atoms with Crippen LogP contribution in [0.4, 0.5) is 10.1 Å². The van der Waals surface area contributed by atoms with E-state index in [1.807, 2.05) is 18.2 Å². The molecule has 5 rings (SSSR count). The van der Waals surface area contributed by atoms with Gasteiger partial charge in [-0.05, 0) is 61.9 Å². The molecule has 2 aliphatic heterocycles. The Labute approximate surface area is 277 Å². The Hall–Kier alpha value is -5.13. The predicted octanol–water partition coefficient (Wildman–Crippen LogP) is 4.30. The average Bonchev–Trinajstić information content (AvgIpc) is 3.74. The Balaban J connectivity index is 1.47. The summed E-state index contributed by atoms with van der Waals surface area (Å²) < 4.78 is 23.9. The molecule has 3 amide bonds. The first-order chi connectivity index (χ1) is 22.9. The van der Waals surface area contributed by atoms with Gasteiger partial charge < -0.3 is 24.8 Å². The number of ether oxygens (including phenoxy) is 1. The van der Waals surface area contributed by atoms with Gasteiger partial charge in [0.1, 0.15) is 11.6 Å². The Bertz CT molecular complexity index is 1730. The molecule has 48 heavy (non-hydrogen) atoms. The normalized spacial score (nSPS) is 19.8. The van der Waals surface area contributed by atoms with E-state index in [-0.39, 0.29) is 55.7 Å². The summed E-state index contributed by atoms with van der Waals surface area (Å²) in [5.41, 5.74) is 0.975. The summed E-state index contributed by atoms with van der Waals surface area (Å²) >= 11 is 0. The zero-order chi connectivity index (χ0) is 34.6. The molecule has 4 atom stereocenters. The maximum Gasteiger partial charge on any atom is 0.330 e. The molecule has 0 radical (unpaired) electrons. The van der Waals surface area contributed by atoms with Crippen molar-refractivity contribution in [1.29, 1.82) is 0 Å². The van der Waals surface area contributed by atoms with Gasteiger partial charge in [-0.15, -0.1) is 0 Å². The van der Waals surface area contributed by atoms with E-state index in [4.69, 9.17) is 9.26 Å². The first-order valence-corrected chi connectivity index (χ1v) is 16.0. The van der Waals surface area contributed by atoms with E-state index in [1.54, 1.807) is 56.9 Å². The van der Waals surface area contributed by atoms with Crippen LogP contribution < -0.4 is 10.6 Å². The molecule has 1 aromatic heterocycles. The highest BCUT2D eigenvalue weighted by Crippen LogP contribution is 2.47. The van der Waals surface area contributed by atoms with Gasteiger partial charge in [0.05, 0.1) is 24.1 Å². The topological polar surface area (TPSA) is 148 Å². The molecule has 3 aromatic rings. The van der Waals surface area contributed by atoms with Gasteiger partial charge in [0.25, 0.3) is 5.91 Å². The Kier molecular flexibility index (Phi) is 10.2. The number of nitrogens with one attached hydrogen (secondary N) is 2. The fourth-order valence-electron chi connectivity index (χ4n) is 6.53. The number of carbonyl (C=O) groups excluding carboxylic acids is 5. The number of anilines is 1. The van der Waals surface area contributed by atoms with Crippen LogP contribution in [0.25, 0.3) is 0 Å². The minimum Gasteiger partial charge on any atom is -0.463 e. The number of hydrogen-bond donors (Lipinski definition) is 2. The molecule has 3 heterocycles. The van der Waals surface area contributed by atoms with E-state index < -0.39 is 47.0 Å². The number of fused-ring (bicyclic) bond motifs is 2. The van der Waals surface area contributed by atoms with Crippen molar-refractivity contribution in [3.8, 4) is 0 Å². The summed E-state index contributed by atoms with van der Waals surface area (Å²) in [5, 5.41) is 9.40. The fourth-order valence-corrected chi connectivity index (χ4v) is 6.53. The summed E-state index contributed by atoms with van der Waals surface area (Å²) in [6.07, 6.45) is 2.86. The van der Waals surface area contributed by atoms with Crippen LogP contribution in [0.3, 0.4) is 0 Å². The highest BCUT2D eigenvalue weighted by molar-refractivity contribution is 6.07. The molecule has 1 saturated heterocycles. The summed E-state index contributed by atoms with van der Waals surface area (Å²) in [6, 6.07) is 12.8. The number of hydrogen-bond acceptors (Lipinski definition) is 8. The third-order valence-corrected chi connectivity index (χ3v) is 8.90. The van der Waals surface area contributed by atoms with Crippen molar-refractivity contribution in [3.05, 3.63) is 95.1 Å². The van der Waals surface area contributed by atoms with Crippen LogP contribution in [0.15, 0.2) is 71.3 Å². The van der Waals surface area contributed by atoms with E-state index >= 15 is 0 Å². The van der Waals surface area contributed by atoms with Gasteiger partial charge in [0, 0.05) is 36.7 Å². The molecule has 1 unspecified atom stereocenters. The largest absolute Gasteiger partial charge is 0.463 e. The number of aryl methyl sites for hydroxylation is 1. The quantitative estimate of drug-likeness (QED) is 0.216. The lowest BCUT2D eigenvalue weighted by Gasteiger charge is -2.29. The number of likely N-dealkylation sites (tertiary alicyclic amines) is 1. The van der Waals surface area contributed by atoms with E-state index in [2.05, 4.69) is 15.8 Å². The molecule has 0 saturated carbocycles. The summed E-state index contributed by atoms with van der Waals surface area (Å²) in [6.45, 7) is 7.07. The number of Topliss-reactive ketones (excluding diaryl/α,β-unsaturated/α-hetero) is 1. The first kappa shape index (κ1) is 34.2. The van der Waals surface area contributed by atoms with Crippen molar-refractivity contribution in [3.63, 3.8) is 0 Å². The van der Waals surface area contributed by atoms with Crippen molar-refractivity contribution in [2.45, 2.75) is 64.5 Å². The number of rotatable bonds is 12. The van der Waals surface area contributed by atoms with Crippen LogP contribution in [-0.2, 0) is 35.8 Å². The summed E-state index contributed by atoms with van der Waals surface area (Å²) in [4.78, 5) is 68.9. The zero-order valence-electron chi connectivity index (χ0n) is 27.3. The maximum absolute atomic E-state index is 14.6. The lowest BCUT2D eigenvalue weighted by atomic mass is 9.79. The second-order valence-corrected chi connectivity index (χ2v) is 12.6. The molecule has 11 nitrogen and oxygen atoms in total. The average molecular weight is 659 g/mol. The molecular formula is C36H39FN4O7. The monoisotopic (exact) mass is 658 g/mol. The van der Waals surface area contributed by atoms with E-state index in [0.717, 1.165) is 5.56 Å². The van der Waals surface area contributed by atoms with Crippen LogP contribution in [0.2, 0.25) is 0 Å². The molecule has 0 aliphatic carbocycles. The molecule has 252 valence electrons. The number of benzene rings is 2. The number of carbonyl (C=O) groups is 5. The van der Waals surface area contributed by atoms with Gasteiger partial charge in [0.2, 0.25) is 11.8 Å². The number of esters is 1. The molecule has 0 bridgehead atoms. The van der Waals surface area contributed by atoms with Crippen molar-refractivity contribution < 1.29 is 37.6 Å². The maximum atomic E-state index is 14.6. The minimum absolute atomic E-state index is 0.0104. The fraction of sp³-hybridized carbons (Fsp3) is 0.389. The Morgan fingerprint density at radius 2 is 1.90 bits per heavy atom. The van der Waals surface area contributed by atoms with Crippen molar-refractivity contribution in [1.82, 2.24) is 15.4 Å². The highest BCUT2D eigenvalue weighted by Gasteiger charge is 2.55. The van der Waals surface area contributed by atoms with Gasteiger partial charge in [-0.3, -0.25) is 19.2 Å².